The Morgan fingerprint density at radius 1 is 1.03 bits per heavy atom. The molecule has 9 heteroatoms. The zero-order chi connectivity index (χ0) is 22.0. The molecule has 3 aromatic carbocycles. The van der Waals surface area contributed by atoms with E-state index in [1.54, 1.807) is 12.1 Å². The Bertz CT molecular complexity index is 1250. The normalized spacial score (nSPS) is 16.1. The molecule has 0 saturated carbocycles. The Balaban J connectivity index is 1.64. The van der Waals surface area contributed by atoms with Gasteiger partial charge in [0.1, 0.15) is 10.7 Å². The Morgan fingerprint density at radius 2 is 1.68 bits per heavy atom. The molecule has 1 aliphatic rings. The van der Waals surface area contributed by atoms with Crippen molar-refractivity contribution in [1.82, 2.24) is 9.73 Å². The second-order valence-electron chi connectivity index (χ2n) is 6.88. The maximum atomic E-state index is 14.0. The van der Waals surface area contributed by atoms with E-state index in [-0.39, 0.29) is 11.0 Å². The van der Waals surface area contributed by atoms with Crippen LogP contribution in [0.1, 0.15) is 17.0 Å². The van der Waals surface area contributed by atoms with Crippen molar-refractivity contribution in [3.63, 3.8) is 0 Å². The fourth-order valence-corrected chi connectivity index (χ4v) is 4.94. The fourth-order valence-electron chi connectivity index (χ4n) is 3.34. The predicted molar refractivity (Wildman–Crippen MR) is 123 cm³/mol. The summed E-state index contributed by atoms with van der Waals surface area (Å²) >= 11 is 11.3. The first-order valence-electron chi connectivity index (χ1n) is 9.33. The smallest absolute Gasteiger partial charge is 0.254 e. The van der Waals surface area contributed by atoms with Crippen LogP contribution in [0.15, 0.2) is 88.9 Å². The average Bonchev–Trinajstić information content (AvgIpc) is 3.20. The highest BCUT2D eigenvalue weighted by Gasteiger charge is 2.32. The Kier molecular flexibility index (Phi) is 6.04. The highest BCUT2D eigenvalue weighted by molar-refractivity contribution is 7.91. The monoisotopic (exact) mass is 473 g/mol. The first-order valence-corrected chi connectivity index (χ1v) is 11.6. The summed E-state index contributed by atoms with van der Waals surface area (Å²) in [6.07, 6.45) is 0. The van der Waals surface area contributed by atoms with E-state index in [0.29, 0.717) is 11.6 Å². The summed E-state index contributed by atoms with van der Waals surface area (Å²) in [4.78, 5) is -0.474. The summed E-state index contributed by atoms with van der Waals surface area (Å²) in [5.74, 6) is -0.995. The molecule has 158 valence electrons. The van der Waals surface area contributed by atoms with Crippen LogP contribution in [0, 0.1) is 5.82 Å². The van der Waals surface area contributed by atoms with Crippen molar-refractivity contribution in [3.8, 4) is 0 Å². The van der Waals surface area contributed by atoms with Crippen molar-refractivity contribution in [2.75, 3.05) is 6.54 Å². The maximum absolute atomic E-state index is 14.0. The SMILES string of the molecule is O=S(=O)(NC(=S)N1CC(c2ccccc2)C(c2ccc(Cl)cc2)=N1)c1ccccc1F. The van der Waals surface area contributed by atoms with Gasteiger partial charge in [-0.3, -0.25) is 4.72 Å². The number of sulfonamides is 1. The molecule has 1 N–H and O–H groups in total. The molecular weight excluding hydrogens is 457 g/mol. The van der Waals surface area contributed by atoms with E-state index in [1.807, 2.05) is 42.5 Å². The predicted octanol–water partition coefficient (Wildman–Crippen LogP) is 4.55. The van der Waals surface area contributed by atoms with E-state index < -0.39 is 20.7 Å². The van der Waals surface area contributed by atoms with Crippen LogP contribution in [-0.2, 0) is 10.0 Å². The molecule has 0 amide bonds. The van der Waals surface area contributed by atoms with Gasteiger partial charge >= 0.3 is 0 Å². The quantitative estimate of drug-likeness (QED) is 0.565. The highest BCUT2D eigenvalue weighted by Crippen LogP contribution is 2.29. The van der Waals surface area contributed by atoms with Crippen molar-refractivity contribution in [2.45, 2.75) is 10.8 Å². The van der Waals surface area contributed by atoms with Crippen molar-refractivity contribution in [3.05, 3.63) is 101 Å². The van der Waals surface area contributed by atoms with E-state index in [0.717, 1.165) is 22.9 Å². The third-order valence-electron chi connectivity index (χ3n) is 4.84. The molecule has 0 bridgehead atoms. The molecule has 0 spiro atoms. The zero-order valence-corrected chi connectivity index (χ0v) is 18.5. The Hall–Kier alpha value is -2.81. The summed E-state index contributed by atoms with van der Waals surface area (Å²) in [5.41, 5.74) is 2.59. The van der Waals surface area contributed by atoms with Crippen LogP contribution in [0.2, 0.25) is 5.02 Å². The molecular formula is C22H17ClFN3O2S2. The van der Waals surface area contributed by atoms with Crippen LogP contribution in [0.5, 0.6) is 0 Å². The number of nitrogens with one attached hydrogen (secondary N) is 1. The van der Waals surface area contributed by atoms with Gasteiger partial charge < -0.3 is 0 Å². The van der Waals surface area contributed by atoms with Crippen LogP contribution in [0.3, 0.4) is 0 Å². The van der Waals surface area contributed by atoms with Crippen molar-refractivity contribution < 1.29 is 12.8 Å². The number of hydrogen-bond donors (Lipinski definition) is 1. The van der Waals surface area contributed by atoms with Gasteiger partial charge in [0.15, 0.2) is 0 Å². The average molecular weight is 474 g/mol. The second-order valence-corrected chi connectivity index (χ2v) is 9.35. The van der Waals surface area contributed by atoms with Gasteiger partial charge in [0.2, 0.25) is 5.11 Å². The number of rotatable bonds is 4. The fraction of sp³-hybridized carbons (Fsp3) is 0.0909. The van der Waals surface area contributed by atoms with Gasteiger partial charge in [-0.1, -0.05) is 66.2 Å². The lowest BCUT2D eigenvalue weighted by Gasteiger charge is -2.18. The molecule has 0 radical (unpaired) electrons. The van der Waals surface area contributed by atoms with Gasteiger partial charge in [-0.15, -0.1) is 0 Å². The molecule has 3 aromatic rings. The van der Waals surface area contributed by atoms with Crippen molar-refractivity contribution in [2.24, 2.45) is 5.10 Å². The molecule has 4 rings (SSSR count). The summed E-state index contributed by atoms with van der Waals surface area (Å²) in [7, 11) is -4.19. The summed E-state index contributed by atoms with van der Waals surface area (Å²) < 4.78 is 41.5. The van der Waals surface area contributed by atoms with Gasteiger partial charge in [0.05, 0.1) is 12.3 Å². The standard InChI is InChI=1S/C22H17ClFN3O2S2/c23-17-12-10-16(11-13-17)21-18(15-6-2-1-3-7-15)14-27(25-21)22(30)26-31(28,29)20-9-5-4-8-19(20)24/h1-13,18H,14H2,(H,26,30). The minimum atomic E-state index is -4.19. The number of benzene rings is 3. The van der Waals surface area contributed by atoms with Crippen LogP contribution >= 0.6 is 23.8 Å². The van der Waals surface area contributed by atoms with E-state index in [1.165, 1.54) is 23.2 Å². The molecule has 0 aromatic heterocycles. The number of halogens is 2. The zero-order valence-electron chi connectivity index (χ0n) is 16.1. The van der Waals surface area contributed by atoms with Crippen molar-refractivity contribution >= 4 is 44.7 Å². The number of thiocarbonyl (C=S) groups is 1. The Morgan fingerprint density at radius 3 is 2.35 bits per heavy atom. The molecule has 31 heavy (non-hydrogen) atoms. The van der Waals surface area contributed by atoms with Crippen molar-refractivity contribution in [1.29, 1.82) is 0 Å². The molecule has 1 unspecified atom stereocenters. The highest BCUT2D eigenvalue weighted by atomic mass is 35.5. The molecule has 0 saturated heterocycles. The summed E-state index contributed by atoms with van der Waals surface area (Å²) in [6, 6.07) is 22.1. The molecule has 1 heterocycles. The minimum absolute atomic E-state index is 0.131. The topological polar surface area (TPSA) is 61.8 Å². The lowest BCUT2D eigenvalue weighted by atomic mass is 9.91. The minimum Gasteiger partial charge on any atom is -0.254 e. The third kappa shape index (κ3) is 4.61. The van der Waals surface area contributed by atoms with Gasteiger partial charge in [0, 0.05) is 10.9 Å². The summed E-state index contributed by atoms with van der Waals surface area (Å²) in [5, 5.41) is 6.47. The molecule has 1 atom stereocenters. The van der Waals surface area contributed by atoms with Gasteiger partial charge in [-0.25, -0.2) is 17.8 Å². The largest absolute Gasteiger partial charge is 0.266 e. The van der Waals surface area contributed by atoms with Crippen LogP contribution in [0.25, 0.3) is 0 Å². The van der Waals surface area contributed by atoms with Crippen LogP contribution in [0.4, 0.5) is 4.39 Å². The molecule has 1 aliphatic heterocycles. The lowest BCUT2D eigenvalue weighted by Crippen LogP contribution is -2.39. The van der Waals surface area contributed by atoms with E-state index in [9.17, 15) is 12.8 Å². The Labute approximate surface area is 190 Å². The molecule has 0 fully saturated rings. The molecule has 0 aliphatic carbocycles. The van der Waals surface area contributed by atoms with E-state index in [2.05, 4.69) is 9.82 Å². The number of nitrogens with zero attached hydrogens (tertiary/aromatic N) is 2. The van der Waals surface area contributed by atoms with Gasteiger partial charge in [0.25, 0.3) is 10.0 Å². The third-order valence-corrected chi connectivity index (χ3v) is 6.90. The first-order chi connectivity index (χ1) is 14.8. The first kappa shape index (κ1) is 21.4. The maximum Gasteiger partial charge on any atom is 0.266 e. The van der Waals surface area contributed by atoms with E-state index in [4.69, 9.17) is 23.8 Å². The van der Waals surface area contributed by atoms with Gasteiger partial charge in [-0.2, -0.15) is 5.10 Å². The number of hydrogen-bond acceptors (Lipinski definition) is 4. The van der Waals surface area contributed by atoms with Gasteiger partial charge in [-0.05, 0) is 47.6 Å². The second kappa shape index (κ2) is 8.74. The molecule has 5 nitrogen and oxygen atoms in total. The lowest BCUT2D eigenvalue weighted by molar-refractivity contribution is 0.472. The summed E-state index contributed by atoms with van der Waals surface area (Å²) in [6.45, 7) is 0.334. The number of hydrazone groups is 1. The van der Waals surface area contributed by atoms with E-state index >= 15 is 0 Å². The van der Waals surface area contributed by atoms with Crippen LogP contribution < -0.4 is 4.72 Å². The van der Waals surface area contributed by atoms with Crippen LogP contribution in [-0.4, -0.2) is 30.8 Å².